The van der Waals surface area contributed by atoms with Gasteiger partial charge in [0.25, 0.3) is 0 Å². The maximum atomic E-state index is 6.08. The Bertz CT molecular complexity index is 629. The van der Waals surface area contributed by atoms with Gasteiger partial charge in [-0.2, -0.15) is 0 Å². The second-order valence-electron chi connectivity index (χ2n) is 4.23. The van der Waals surface area contributed by atoms with Gasteiger partial charge in [-0.1, -0.05) is 47.1 Å². The molecule has 0 atom stereocenters. The molecule has 0 spiro atoms. The van der Waals surface area contributed by atoms with Gasteiger partial charge in [0.05, 0.1) is 11.2 Å². The number of ether oxygens (including phenoxy) is 2. The highest BCUT2D eigenvalue weighted by Gasteiger charge is 2.18. The van der Waals surface area contributed by atoms with E-state index in [9.17, 15) is 0 Å². The maximum absolute atomic E-state index is 6.08. The average Bonchev–Trinajstić information content (AvgIpc) is 2.94. The molecule has 2 aromatic rings. The Balaban J connectivity index is 1.62. The number of benzene rings is 2. The SMILES string of the molecule is Clc1cc(CO/N=C/c2ccccc2)cc2c1OCO2. The third-order valence-electron chi connectivity index (χ3n) is 2.79. The lowest BCUT2D eigenvalue weighted by Crippen LogP contribution is -1.93. The first kappa shape index (κ1) is 12.8. The molecule has 0 radical (unpaired) electrons. The van der Waals surface area contributed by atoms with Crippen LogP contribution in [-0.2, 0) is 11.4 Å². The summed E-state index contributed by atoms with van der Waals surface area (Å²) in [5.74, 6) is 1.23. The van der Waals surface area contributed by atoms with Crippen LogP contribution in [0, 0.1) is 0 Å². The molecular weight excluding hydrogens is 278 g/mol. The number of fused-ring (bicyclic) bond motifs is 1. The van der Waals surface area contributed by atoms with Crippen molar-refractivity contribution in [2.24, 2.45) is 5.16 Å². The lowest BCUT2D eigenvalue weighted by molar-refractivity contribution is 0.132. The van der Waals surface area contributed by atoms with Crippen LogP contribution < -0.4 is 9.47 Å². The first-order valence-corrected chi connectivity index (χ1v) is 6.49. The van der Waals surface area contributed by atoms with Crippen LogP contribution in [0.2, 0.25) is 5.02 Å². The predicted octanol–water partition coefficient (Wildman–Crippen LogP) is 3.62. The highest BCUT2D eigenvalue weighted by molar-refractivity contribution is 6.32. The van der Waals surface area contributed by atoms with Gasteiger partial charge in [0.15, 0.2) is 11.5 Å². The van der Waals surface area contributed by atoms with Crippen molar-refractivity contribution in [2.75, 3.05) is 6.79 Å². The van der Waals surface area contributed by atoms with Gasteiger partial charge in [-0.25, -0.2) is 0 Å². The zero-order chi connectivity index (χ0) is 13.8. The van der Waals surface area contributed by atoms with Gasteiger partial charge in [-0.05, 0) is 23.3 Å². The molecule has 0 aromatic heterocycles. The molecule has 0 saturated heterocycles. The van der Waals surface area contributed by atoms with Gasteiger partial charge in [-0.3, -0.25) is 0 Å². The van der Waals surface area contributed by atoms with Crippen molar-refractivity contribution in [3.05, 3.63) is 58.6 Å². The molecule has 0 unspecified atom stereocenters. The molecule has 0 aliphatic carbocycles. The number of halogens is 1. The van der Waals surface area contributed by atoms with Crippen molar-refractivity contribution in [2.45, 2.75) is 6.61 Å². The molecule has 0 saturated carbocycles. The Morgan fingerprint density at radius 2 is 2.05 bits per heavy atom. The monoisotopic (exact) mass is 289 g/mol. The topological polar surface area (TPSA) is 40.0 Å². The third kappa shape index (κ3) is 2.86. The van der Waals surface area contributed by atoms with E-state index < -0.39 is 0 Å². The molecule has 1 aliphatic heterocycles. The smallest absolute Gasteiger partial charge is 0.231 e. The van der Waals surface area contributed by atoms with E-state index >= 15 is 0 Å². The molecule has 0 amide bonds. The summed E-state index contributed by atoms with van der Waals surface area (Å²) < 4.78 is 10.5. The van der Waals surface area contributed by atoms with E-state index in [2.05, 4.69) is 5.16 Å². The normalized spacial score (nSPS) is 12.8. The summed E-state index contributed by atoms with van der Waals surface area (Å²) in [5.41, 5.74) is 1.86. The van der Waals surface area contributed by atoms with Crippen molar-refractivity contribution < 1.29 is 14.3 Å². The van der Waals surface area contributed by atoms with Crippen LogP contribution in [0.25, 0.3) is 0 Å². The Labute approximate surface area is 121 Å². The van der Waals surface area contributed by atoms with Crippen LogP contribution in [-0.4, -0.2) is 13.0 Å². The molecule has 4 nitrogen and oxygen atoms in total. The molecule has 0 bridgehead atoms. The first-order valence-electron chi connectivity index (χ1n) is 6.11. The molecule has 20 heavy (non-hydrogen) atoms. The summed E-state index contributed by atoms with van der Waals surface area (Å²) in [6, 6.07) is 13.4. The Hall–Kier alpha value is -2.20. The van der Waals surface area contributed by atoms with Gasteiger partial charge in [-0.15, -0.1) is 0 Å². The fourth-order valence-electron chi connectivity index (χ4n) is 1.85. The number of oxime groups is 1. The minimum atomic E-state index is 0.200. The second kappa shape index (κ2) is 5.84. The Kier molecular flexibility index (Phi) is 3.74. The van der Waals surface area contributed by atoms with Gasteiger partial charge in [0.2, 0.25) is 6.79 Å². The summed E-state index contributed by atoms with van der Waals surface area (Å²) in [6.45, 7) is 0.519. The number of rotatable bonds is 4. The summed E-state index contributed by atoms with van der Waals surface area (Å²) in [7, 11) is 0. The summed E-state index contributed by atoms with van der Waals surface area (Å²) in [6.07, 6.45) is 1.66. The molecular formula is C15H12ClNO3. The number of nitrogens with zero attached hydrogens (tertiary/aromatic N) is 1. The largest absolute Gasteiger partial charge is 0.454 e. The van der Waals surface area contributed by atoms with E-state index in [1.165, 1.54) is 0 Å². The van der Waals surface area contributed by atoms with Crippen molar-refractivity contribution in [3.8, 4) is 11.5 Å². The summed E-state index contributed by atoms with van der Waals surface area (Å²) in [5, 5.41) is 4.44. The fraction of sp³-hybridized carbons (Fsp3) is 0.133. The second-order valence-corrected chi connectivity index (χ2v) is 4.64. The van der Waals surface area contributed by atoms with Gasteiger partial charge in [0, 0.05) is 0 Å². The zero-order valence-electron chi connectivity index (χ0n) is 10.6. The van der Waals surface area contributed by atoms with Crippen molar-refractivity contribution in [1.82, 2.24) is 0 Å². The fourth-order valence-corrected chi connectivity index (χ4v) is 2.14. The van der Waals surface area contributed by atoms with Crippen LogP contribution >= 0.6 is 11.6 Å². The Morgan fingerprint density at radius 1 is 1.20 bits per heavy atom. The molecule has 3 rings (SSSR count). The molecule has 1 heterocycles. The number of hydrogen-bond donors (Lipinski definition) is 0. The standard InChI is InChI=1S/C15H12ClNO3/c16-13-6-12(7-14-15(13)19-10-18-14)9-20-17-8-11-4-2-1-3-5-11/h1-8H,9-10H2/b17-8+. The summed E-state index contributed by atoms with van der Waals surface area (Å²) >= 11 is 6.08. The predicted molar refractivity (Wildman–Crippen MR) is 76.4 cm³/mol. The van der Waals surface area contributed by atoms with Gasteiger partial charge >= 0.3 is 0 Å². The lowest BCUT2D eigenvalue weighted by Gasteiger charge is -2.04. The average molecular weight is 290 g/mol. The molecule has 5 heteroatoms. The lowest BCUT2D eigenvalue weighted by atomic mass is 10.2. The molecule has 102 valence electrons. The zero-order valence-corrected chi connectivity index (χ0v) is 11.3. The third-order valence-corrected chi connectivity index (χ3v) is 3.07. The highest BCUT2D eigenvalue weighted by Crippen LogP contribution is 2.39. The van der Waals surface area contributed by atoms with E-state index in [1.54, 1.807) is 12.3 Å². The van der Waals surface area contributed by atoms with Gasteiger partial charge < -0.3 is 14.3 Å². The minimum Gasteiger partial charge on any atom is -0.454 e. The van der Waals surface area contributed by atoms with E-state index in [0.29, 0.717) is 23.1 Å². The minimum absolute atomic E-state index is 0.200. The first-order chi connectivity index (χ1) is 9.83. The van der Waals surface area contributed by atoms with E-state index in [4.69, 9.17) is 25.9 Å². The Morgan fingerprint density at radius 3 is 2.90 bits per heavy atom. The van der Waals surface area contributed by atoms with E-state index in [0.717, 1.165) is 11.1 Å². The van der Waals surface area contributed by atoms with Crippen molar-refractivity contribution in [1.29, 1.82) is 0 Å². The van der Waals surface area contributed by atoms with E-state index in [-0.39, 0.29) is 6.79 Å². The maximum Gasteiger partial charge on any atom is 0.231 e. The quantitative estimate of drug-likeness (QED) is 0.637. The molecule has 1 aliphatic rings. The van der Waals surface area contributed by atoms with Crippen molar-refractivity contribution >= 4 is 17.8 Å². The van der Waals surface area contributed by atoms with Crippen molar-refractivity contribution in [3.63, 3.8) is 0 Å². The van der Waals surface area contributed by atoms with Crippen LogP contribution in [0.15, 0.2) is 47.6 Å². The van der Waals surface area contributed by atoms with Crippen LogP contribution in [0.4, 0.5) is 0 Å². The molecule has 2 aromatic carbocycles. The molecule has 0 N–H and O–H groups in total. The molecule has 0 fully saturated rings. The summed E-state index contributed by atoms with van der Waals surface area (Å²) in [4.78, 5) is 5.25. The van der Waals surface area contributed by atoms with Crippen LogP contribution in [0.1, 0.15) is 11.1 Å². The highest BCUT2D eigenvalue weighted by atomic mass is 35.5. The number of hydrogen-bond acceptors (Lipinski definition) is 4. The van der Waals surface area contributed by atoms with Crippen LogP contribution in [0.3, 0.4) is 0 Å². The van der Waals surface area contributed by atoms with Gasteiger partial charge in [0.1, 0.15) is 6.61 Å². The van der Waals surface area contributed by atoms with E-state index in [1.807, 2.05) is 36.4 Å². The van der Waals surface area contributed by atoms with Crippen LogP contribution in [0.5, 0.6) is 11.5 Å².